The monoisotopic (exact) mass is 311 g/mol. The number of hydrogen-bond acceptors (Lipinski definition) is 5. The Labute approximate surface area is 134 Å². The number of hydrogen-bond donors (Lipinski definition) is 2. The normalized spacial score (nSPS) is 9.78. The molecule has 0 spiro atoms. The Kier molecular flexibility index (Phi) is 5.46. The summed E-state index contributed by atoms with van der Waals surface area (Å²) >= 11 is 0. The lowest BCUT2D eigenvalue weighted by Gasteiger charge is -2.11. The number of para-hydroxylation sites is 1. The van der Waals surface area contributed by atoms with Gasteiger partial charge in [-0.25, -0.2) is 9.78 Å². The molecule has 0 saturated heterocycles. The molecule has 0 unspecified atom stereocenters. The zero-order chi connectivity index (χ0) is 16.7. The largest absolute Gasteiger partial charge is 0.465 e. The van der Waals surface area contributed by atoms with Crippen molar-refractivity contribution in [2.45, 2.75) is 0 Å². The Morgan fingerprint density at radius 3 is 2.83 bits per heavy atom. The van der Waals surface area contributed by atoms with Gasteiger partial charge < -0.3 is 15.4 Å². The van der Waals surface area contributed by atoms with E-state index in [1.165, 1.54) is 13.3 Å². The lowest BCUT2D eigenvalue weighted by molar-refractivity contribution is 0.0601. The predicted octanol–water partition coefficient (Wildman–Crippen LogP) is 2.53. The Bertz CT molecular complexity index is 729. The number of rotatable bonds is 6. The van der Waals surface area contributed by atoms with E-state index >= 15 is 0 Å². The van der Waals surface area contributed by atoms with Crippen molar-refractivity contribution in [2.75, 3.05) is 19.0 Å². The van der Waals surface area contributed by atoms with Gasteiger partial charge in [-0.3, -0.25) is 4.79 Å². The summed E-state index contributed by atoms with van der Waals surface area (Å²) in [7, 11) is 1.32. The van der Waals surface area contributed by atoms with Crippen molar-refractivity contribution in [2.24, 2.45) is 0 Å². The number of anilines is 2. The SMILES string of the molecule is C=CCNC(=O)c1ccnc(Nc2ccccc2C(=O)OC)c1. The highest BCUT2D eigenvalue weighted by Gasteiger charge is 2.12. The Morgan fingerprint density at radius 2 is 2.09 bits per heavy atom. The summed E-state index contributed by atoms with van der Waals surface area (Å²) in [4.78, 5) is 27.9. The van der Waals surface area contributed by atoms with Crippen LogP contribution < -0.4 is 10.6 Å². The smallest absolute Gasteiger partial charge is 0.339 e. The number of methoxy groups -OCH3 is 1. The molecule has 6 nitrogen and oxygen atoms in total. The third-order valence-electron chi connectivity index (χ3n) is 3.02. The van der Waals surface area contributed by atoms with Crippen molar-refractivity contribution in [3.05, 3.63) is 66.4 Å². The fourth-order valence-corrected chi connectivity index (χ4v) is 1.93. The molecular weight excluding hydrogens is 294 g/mol. The topological polar surface area (TPSA) is 80.3 Å². The predicted molar refractivity (Wildman–Crippen MR) is 87.8 cm³/mol. The molecule has 23 heavy (non-hydrogen) atoms. The van der Waals surface area contributed by atoms with E-state index in [0.29, 0.717) is 29.2 Å². The van der Waals surface area contributed by atoms with Gasteiger partial charge in [0, 0.05) is 18.3 Å². The number of benzene rings is 1. The second kappa shape index (κ2) is 7.74. The molecule has 0 atom stereocenters. The maximum absolute atomic E-state index is 11.9. The van der Waals surface area contributed by atoms with Gasteiger partial charge in [-0.2, -0.15) is 0 Å². The van der Waals surface area contributed by atoms with Crippen LogP contribution in [0.2, 0.25) is 0 Å². The minimum Gasteiger partial charge on any atom is -0.465 e. The number of pyridine rings is 1. The summed E-state index contributed by atoms with van der Waals surface area (Å²) in [6, 6.07) is 10.1. The van der Waals surface area contributed by atoms with Gasteiger partial charge in [0.2, 0.25) is 0 Å². The summed E-state index contributed by atoms with van der Waals surface area (Å²) in [6.45, 7) is 3.93. The van der Waals surface area contributed by atoms with Gasteiger partial charge >= 0.3 is 5.97 Å². The molecule has 0 radical (unpaired) electrons. The fourth-order valence-electron chi connectivity index (χ4n) is 1.93. The minimum atomic E-state index is -0.451. The summed E-state index contributed by atoms with van der Waals surface area (Å²) in [5, 5.41) is 5.72. The number of nitrogens with one attached hydrogen (secondary N) is 2. The van der Waals surface area contributed by atoms with Crippen LogP contribution in [0.25, 0.3) is 0 Å². The van der Waals surface area contributed by atoms with Crippen molar-refractivity contribution in [1.82, 2.24) is 10.3 Å². The van der Waals surface area contributed by atoms with E-state index in [-0.39, 0.29) is 5.91 Å². The van der Waals surface area contributed by atoms with Crippen molar-refractivity contribution in [3.8, 4) is 0 Å². The highest BCUT2D eigenvalue weighted by molar-refractivity contribution is 5.97. The molecule has 2 rings (SSSR count). The van der Waals surface area contributed by atoms with E-state index in [2.05, 4.69) is 22.2 Å². The molecule has 1 amide bonds. The van der Waals surface area contributed by atoms with Crippen molar-refractivity contribution < 1.29 is 14.3 Å². The molecule has 118 valence electrons. The van der Waals surface area contributed by atoms with E-state index in [1.807, 2.05) is 0 Å². The highest BCUT2D eigenvalue weighted by Crippen LogP contribution is 2.20. The molecule has 1 aromatic carbocycles. The van der Waals surface area contributed by atoms with Crippen LogP contribution in [0, 0.1) is 0 Å². The molecular formula is C17H17N3O3. The standard InChI is InChI=1S/C17H17N3O3/c1-3-9-19-16(21)12-8-10-18-15(11-12)20-14-7-5-4-6-13(14)17(22)23-2/h3-8,10-11H,1,9H2,2H3,(H,18,20)(H,19,21). The van der Waals surface area contributed by atoms with Crippen LogP contribution >= 0.6 is 0 Å². The molecule has 2 aromatic rings. The van der Waals surface area contributed by atoms with Gasteiger partial charge in [0.05, 0.1) is 18.4 Å². The molecule has 2 N–H and O–H groups in total. The number of carbonyl (C=O) groups is 2. The molecule has 0 saturated carbocycles. The number of amides is 1. The molecule has 1 aromatic heterocycles. The number of esters is 1. The first-order valence-corrected chi connectivity index (χ1v) is 6.95. The lowest BCUT2D eigenvalue weighted by Crippen LogP contribution is -2.23. The molecule has 0 aliphatic heterocycles. The van der Waals surface area contributed by atoms with Crippen LogP contribution in [-0.4, -0.2) is 30.5 Å². The third-order valence-corrected chi connectivity index (χ3v) is 3.02. The van der Waals surface area contributed by atoms with E-state index < -0.39 is 5.97 Å². The summed E-state index contributed by atoms with van der Waals surface area (Å²) in [6.07, 6.45) is 3.12. The second-order valence-electron chi connectivity index (χ2n) is 4.59. The number of carbonyl (C=O) groups excluding carboxylic acids is 2. The van der Waals surface area contributed by atoms with Gasteiger partial charge in [0.15, 0.2) is 0 Å². The second-order valence-corrected chi connectivity index (χ2v) is 4.59. The number of ether oxygens (including phenoxy) is 1. The van der Waals surface area contributed by atoms with Crippen LogP contribution in [0.1, 0.15) is 20.7 Å². The average molecular weight is 311 g/mol. The molecule has 0 aliphatic carbocycles. The van der Waals surface area contributed by atoms with Crippen molar-refractivity contribution in [3.63, 3.8) is 0 Å². The van der Waals surface area contributed by atoms with E-state index in [9.17, 15) is 9.59 Å². The molecule has 0 bridgehead atoms. The van der Waals surface area contributed by atoms with Crippen LogP contribution in [0.5, 0.6) is 0 Å². The van der Waals surface area contributed by atoms with Gasteiger partial charge in [-0.15, -0.1) is 6.58 Å². The number of nitrogens with zero attached hydrogens (tertiary/aromatic N) is 1. The van der Waals surface area contributed by atoms with Crippen LogP contribution in [0.4, 0.5) is 11.5 Å². The van der Waals surface area contributed by atoms with Gasteiger partial charge in [0.1, 0.15) is 5.82 Å². The van der Waals surface area contributed by atoms with E-state index in [0.717, 1.165) is 0 Å². The summed E-state index contributed by atoms with van der Waals surface area (Å²) in [5.74, 6) is -0.225. The van der Waals surface area contributed by atoms with Crippen LogP contribution in [-0.2, 0) is 4.74 Å². The number of aromatic nitrogens is 1. The summed E-state index contributed by atoms with van der Waals surface area (Å²) in [5.41, 5.74) is 1.40. The van der Waals surface area contributed by atoms with Gasteiger partial charge in [0.25, 0.3) is 5.91 Å². The Hall–Kier alpha value is -3.15. The first-order valence-electron chi connectivity index (χ1n) is 6.95. The molecule has 6 heteroatoms. The van der Waals surface area contributed by atoms with Crippen molar-refractivity contribution >= 4 is 23.4 Å². The van der Waals surface area contributed by atoms with Crippen molar-refractivity contribution in [1.29, 1.82) is 0 Å². The van der Waals surface area contributed by atoms with Gasteiger partial charge in [-0.1, -0.05) is 18.2 Å². The van der Waals surface area contributed by atoms with Gasteiger partial charge in [-0.05, 0) is 24.3 Å². The third kappa shape index (κ3) is 4.16. The van der Waals surface area contributed by atoms with E-state index in [1.54, 1.807) is 42.5 Å². The highest BCUT2D eigenvalue weighted by atomic mass is 16.5. The average Bonchev–Trinajstić information content (AvgIpc) is 2.59. The first kappa shape index (κ1) is 16.2. The zero-order valence-electron chi connectivity index (χ0n) is 12.7. The first-order chi connectivity index (χ1) is 11.2. The van der Waals surface area contributed by atoms with E-state index in [4.69, 9.17) is 4.74 Å². The maximum Gasteiger partial charge on any atom is 0.339 e. The quantitative estimate of drug-likeness (QED) is 0.633. The molecule has 0 aliphatic rings. The van der Waals surface area contributed by atoms with Crippen LogP contribution in [0.3, 0.4) is 0 Å². The maximum atomic E-state index is 11.9. The zero-order valence-corrected chi connectivity index (χ0v) is 12.7. The van der Waals surface area contributed by atoms with Crippen LogP contribution in [0.15, 0.2) is 55.3 Å². The molecule has 0 fully saturated rings. The molecule has 1 heterocycles. The Morgan fingerprint density at radius 1 is 1.30 bits per heavy atom. The summed E-state index contributed by atoms with van der Waals surface area (Å²) < 4.78 is 4.75. The minimum absolute atomic E-state index is 0.225. The fraction of sp³-hybridized carbons (Fsp3) is 0.118. The lowest BCUT2D eigenvalue weighted by atomic mass is 10.1. The Balaban J connectivity index is 2.23.